The number of hydrogen-bond donors (Lipinski definition) is 1. The zero-order valence-corrected chi connectivity index (χ0v) is 13.4. The number of aryl methyl sites for hydroxylation is 1. The molecule has 2 aromatic carbocycles. The Labute approximate surface area is 141 Å². The number of para-hydroxylation sites is 1. The summed E-state index contributed by atoms with van der Waals surface area (Å²) in [6.45, 7) is 2.02. The molecule has 0 saturated carbocycles. The molecule has 4 nitrogen and oxygen atoms in total. The van der Waals surface area contributed by atoms with Crippen LogP contribution in [0.5, 0.6) is 5.75 Å². The molecule has 1 amide bonds. The first-order chi connectivity index (χ1) is 11.7. The summed E-state index contributed by atoms with van der Waals surface area (Å²) in [5, 5.41) is 2.68. The Hall–Kier alpha value is -3.14. The minimum Gasteiger partial charge on any atom is -0.410 e. The van der Waals surface area contributed by atoms with Crippen molar-refractivity contribution in [2.24, 2.45) is 0 Å². The van der Waals surface area contributed by atoms with Crippen molar-refractivity contribution in [3.63, 3.8) is 0 Å². The van der Waals surface area contributed by atoms with Gasteiger partial charge in [0.1, 0.15) is 5.75 Å². The average Bonchev–Trinajstić information content (AvgIpc) is 2.59. The fourth-order valence-electron chi connectivity index (χ4n) is 2.26. The third-order valence-electron chi connectivity index (χ3n) is 3.51. The van der Waals surface area contributed by atoms with Gasteiger partial charge < -0.3 is 4.74 Å². The Kier molecular flexibility index (Phi) is 4.87. The van der Waals surface area contributed by atoms with Crippen molar-refractivity contribution in [3.05, 3.63) is 89.7 Å². The Balaban J connectivity index is 1.58. The van der Waals surface area contributed by atoms with Gasteiger partial charge in [-0.3, -0.25) is 10.3 Å². The van der Waals surface area contributed by atoms with Crippen LogP contribution in [-0.4, -0.2) is 11.1 Å². The van der Waals surface area contributed by atoms with Crippen LogP contribution in [0, 0.1) is 6.92 Å². The zero-order chi connectivity index (χ0) is 16.8. The van der Waals surface area contributed by atoms with Crippen LogP contribution in [0.15, 0.2) is 72.9 Å². The van der Waals surface area contributed by atoms with E-state index in [1.165, 1.54) is 0 Å². The topological polar surface area (TPSA) is 51.2 Å². The first-order valence-corrected chi connectivity index (χ1v) is 7.73. The summed E-state index contributed by atoms with van der Waals surface area (Å²) in [4.78, 5) is 16.2. The highest BCUT2D eigenvalue weighted by Gasteiger charge is 2.05. The van der Waals surface area contributed by atoms with Gasteiger partial charge in [-0.05, 0) is 48.4 Å². The number of nitrogens with one attached hydrogen (secondary N) is 1. The van der Waals surface area contributed by atoms with Crippen molar-refractivity contribution in [2.45, 2.75) is 13.3 Å². The Morgan fingerprint density at radius 1 is 1.00 bits per heavy atom. The predicted octanol–water partition coefficient (Wildman–Crippen LogP) is 4.59. The number of benzene rings is 2. The average molecular weight is 318 g/mol. The van der Waals surface area contributed by atoms with Gasteiger partial charge in [-0.2, -0.15) is 0 Å². The minimum atomic E-state index is -0.505. The van der Waals surface area contributed by atoms with Crippen LogP contribution < -0.4 is 10.1 Å². The van der Waals surface area contributed by atoms with Crippen LogP contribution in [0.3, 0.4) is 0 Å². The summed E-state index contributed by atoms with van der Waals surface area (Å²) in [5.74, 6) is 0.504. The number of carbonyl (C=O) groups excluding carboxylic acids is 1. The highest BCUT2D eigenvalue weighted by Crippen LogP contribution is 2.16. The van der Waals surface area contributed by atoms with Crippen molar-refractivity contribution in [1.29, 1.82) is 0 Å². The van der Waals surface area contributed by atoms with Gasteiger partial charge in [0.25, 0.3) is 0 Å². The smallest absolute Gasteiger partial charge is 0.410 e. The van der Waals surface area contributed by atoms with E-state index in [1.807, 2.05) is 55.6 Å². The maximum atomic E-state index is 11.8. The van der Waals surface area contributed by atoms with E-state index in [0.29, 0.717) is 11.4 Å². The molecule has 0 unspecified atom stereocenters. The highest BCUT2D eigenvalue weighted by atomic mass is 16.6. The van der Waals surface area contributed by atoms with Crippen LogP contribution >= 0.6 is 0 Å². The van der Waals surface area contributed by atoms with Crippen molar-refractivity contribution < 1.29 is 9.53 Å². The molecule has 0 saturated heterocycles. The molecule has 1 aromatic heterocycles. The zero-order valence-electron chi connectivity index (χ0n) is 13.4. The standard InChI is InChI=1S/C20H18N2O2/c1-15-7-10-18(21-14-15)13-16-8-11-19(12-9-16)24-20(23)22-17-5-3-2-4-6-17/h2-12,14H,13H2,1H3,(H,22,23). The van der Waals surface area contributed by atoms with Crippen molar-refractivity contribution in [2.75, 3.05) is 5.32 Å². The quantitative estimate of drug-likeness (QED) is 0.765. The summed E-state index contributed by atoms with van der Waals surface area (Å²) in [7, 11) is 0. The van der Waals surface area contributed by atoms with Gasteiger partial charge in [-0.1, -0.05) is 36.4 Å². The number of amides is 1. The lowest BCUT2D eigenvalue weighted by Crippen LogP contribution is -2.16. The van der Waals surface area contributed by atoms with Gasteiger partial charge in [0.15, 0.2) is 0 Å². The molecule has 0 spiro atoms. The second-order valence-corrected chi connectivity index (χ2v) is 5.53. The minimum absolute atomic E-state index is 0.504. The number of ether oxygens (including phenoxy) is 1. The fraction of sp³-hybridized carbons (Fsp3) is 0.100. The Bertz CT molecular complexity index is 797. The normalized spacial score (nSPS) is 10.2. The van der Waals surface area contributed by atoms with Gasteiger partial charge in [0, 0.05) is 24.0 Å². The molecule has 3 aromatic rings. The van der Waals surface area contributed by atoms with Crippen molar-refractivity contribution >= 4 is 11.8 Å². The van der Waals surface area contributed by atoms with E-state index < -0.39 is 6.09 Å². The third-order valence-corrected chi connectivity index (χ3v) is 3.51. The van der Waals surface area contributed by atoms with E-state index in [0.717, 1.165) is 23.2 Å². The van der Waals surface area contributed by atoms with Crippen LogP contribution in [0.1, 0.15) is 16.8 Å². The fourth-order valence-corrected chi connectivity index (χ4v) is 2.26. The molecule has 0 aliphatic heterocycles. The second-order valence-electron chi connectivity index (χ2n) is 5.53. The maximum Gasteiger partial charge on any atom is 0.417 e. The number of nitrogens with zero attached hydrogens (tertiary/aromatic N) is 1. The molecule has 0 radical (unpaired) electrons. The van der Waals surface area contributed by atoms with Gasteiger partial charge in [-0.25, -0.2) is 4.79 Å². The van der Waals surface area contributed by atoms with Crippen molar-refractivity contribution in [1.82, 2.24) is 4.98 Å². The summed E-state index contributed by atoms with van der Waals surface area (Å²) in [6, 6.07) is 20.7. The molecule has 4 heteroatoms. The van der Waals surface area contributed by atoms with Crippen LogP contribution in [-0.2, 0) is 6.42 Å². The molecule has 0 bridgehead atoms. The largest absolute Gasteiger partial charge is 0.417 e. The molecule has 120 valence electrons. The second kappa shape index (κ2) is 7.42. The van der Waals surface area contributed by atoms with Gasteiger partial charge in [0.05, 0.1) is 0 Å². The Morgan fingerprint density at radius 3 is 2.42 bits per heavy atom. The molecular weight excluding hydrogens is 300 g/mol. The molecule has 1 N–H and O–H groups in total. The first-order valence-electron chi connectivity index (χ1n) is 7.73. The van der Waals surface area contributed by atoms with Gasteiger partial charge in [-0.15, -0.1) is 0 Å². The monoisotopic (exact) mass is 318 g/mol. The first kappa shape index (κ1) is 15.7. The van der Waals surface area contributed by atoms with Crippen molar-refractivity contribution in [3.8, 4) is 5.75 Å². The van der Waals surface area contributed by atoms with E-state index >= 15 is 0 Å². The van der Waals surface area contributed by atoms with E-state index in [9.17, 15) is 4.79 Å². The lowest BCUT2D eigenvalue weighted by molar-refractivity contribution is 0.215. The lowest BCUT2D eigenvalue weighted by atomic mass is 10.1. The number of carbonyl (C=O) groups is 1. The number of anilines is 1. The predicted molar refractivity (Wildman–Crippen MR) is 94.3 cm³/mol. The third kappa shape index (κ3) is 4.43. The maximum absolute atomic E-state index is 11.8. The molecular formula is C20H18N2O2. The molecule has 1 heterocycles. The van der Waals surface area contributed by atoms with E-state index in [1.54, 1.807) is 24.3 Å². The SMILES string of the molecule is Cc1ccc(Cc2ccc(OC(=O)Nc3ccccc3)cc2)nc1. The molecule has 0 aliphatic carbocycles. The summed E-state index contributed by atoms with van der Waals surface area (Å²) in [6.07, 6.45) is 2.10. The molecule has 0 aliphatic rings. The van der Waals surface area contributed by atoms with E-state index in [4.69, 9.17) is 4.74 Å². The highest BCUT2D eigenvalue weighted by molar-refractivity contribution is 5.86. The van der Waals surface area contributed by atoms with Crippen LogP contribution in [0.25, 0.3) is 0 Å². The number of pyridine rings is 1. The van der Waals surface area contributed by atoms with Gasteiger partial charge >= 0.3 is 6.09 Å². The molecule has 0 atom stereocenters. The van der Waals surface area contributed by atoms with Crippen LogP contribution in [0.4, 0.5) is 10.5 Å². The molecule has 24 heavy (non-hydrogen) atoms. The van der Waals surface area contributed by atoms with Crippen LogP contribution in [0.2, 0.25) is 0 Å². The molecule has 3 rings (SSSR count). The Morgan fingerprint density at radius 2 is 1.75 bits per heavy atom. The lowest BCUT2D eigenvalue weighted by Gasteiger charge is -2.07. The number of rotatable bonds is 4. The number of aromatic nitrogens is 1. The van der Waals surface area contributed by atoms with E-state index in [-0.39, 0.29) is 0 Å². The summed E-state index contributed by atoms with van der Waals surface area (Å²) in [5.41, 5.74) is 3.97. The molecule has 0 fully saturated rings. The van der Waals surface area contributed by atoms with E-state index in [2.05, 4.69) is 10.3 Å². The summed E-state index contributed by atoms with van der Waals surface area (Å²) < 4.78 is 5.27. The van der Waals surface area contributed by atoms with Gasteiger partial charge in [0.2, 0.25) is 0 Å². The number of hydrogen-bond acceptors (Lipinski definition) is 3. The summed E-state index contributed by atoms with van der Waals surface area (Å²) >= 11 is 0.